The quantitative estimate of drug-likeness (QED) is 0.919. The second-order valence-corrected chi connectivity index (χ2v) is 5.83. The molecule has 0 bridgehead atoms. The number of hydrogen-bond donors (Lipinski definition) is 1. The van der Waals surface area contributed by atoms with Crippen molar-refractivity contribution in [3.8, 4) is 0 Å². The van der Waals surface area contributed by atoms with Crippen LogP contribution in [-0.2, 0) is 0 Å². The highest BCUT2D eigenvalue weighted by Crippen LogP contribution is 2.25. The van der Waals surface area contributed by atoms with Gasteiger partial charge in [-0.2, -0.15) is 0 Å². The highest BCUT2D eigenvalue weighted by atomic mass is 79.9. The highest BCUT2D eigenvalue weighted by molar-refractivity contribution is 9.10. The maximum atomic E-state index is 5.68. The lowest BCUT2D eigenvalue weighted by Crippen LogP contribution is -2.36. The van der Waals surface area contributed by atoms with E-state index in [1.54, 1.807) is 11.3 Å². The van der Waals surface area contributed by atoms with E-state index in [0.717, 1.165) is 16.3 Å². The third-order valence-corrected chi connectivity index (χ3v) is 3.67. The summed E-state index contributed by atoms with van der Waals surface area (Å²) in [5.41, 5.74) is 5.82. The molecule has 0 spiro atoms. The molecule has 5 heteroatoms. The van der Waals surface area contributed by atoms with E-state index in [-0.39, 0.29) is 5.41 Å². The van der Waals surface area contributed by atoms with Crippen molar-refractivity contribution in [3.63, 3.8) is 0 Å². The normalized spacial score (nSPS) is 11.8. The van der Waals surface area contributed by atoms with Crippen LogP contribution < -0.4 is 10.6 Å². The summed E-state index contributed by atoms with van der Waals surface area (Å²) in [6.07, 6.45) is 0. The van der Waals surface area contributed by atoms with E-state index in [4.69, 9.17) is 5.73 Å². The summed E-state index contributed by atoms with van der Waals surface area (Å²) in [5.74, 6) is 0. The fourth-order valence-corrected chi connectivity index (χ4v) is 2.41. The van der Waals surface area contributed by atoms with Gasteiger partial charge in [-0.05, 0) is 27.9 Å². The molecule has 0 fully saturated rings. The van der Waals surface area contributed by atoms with E-state index < -0.39 is 0 Å². The fraction of sp³-hybridized carbons (Fsp3) is 0.667. The van der Waals surface area contributed by atoms with Crippen LogP contribution in [0.25, 0.3) is 0 Å². The lowest BCUT2D eigenvalue weighted by atomic mass is 9.93. The molecular formula is C9H16BrN3S. The van der Waals surface area contributed by atoms with E-state index >= 15 is 0 Å². The molecule has 0 saturated carbocycles. The van der Waals surface area contributed by atoms with Crippen LogP contribution >= 0.6 is 27.3 Å². The molecule has 0 atom stereocenters. The van der Waals surface area contributed by atoms with Gasteiger partial charge in [0.1, 0.15) is 4.60 Å². The van der Waals surface area contributed by atoms with Crippen LogP contribution in [0.5, 0.6) is 0 Å². The molecule has 14 heavy (non-hydrogen) atoms. The Kier molecular flexibility index (Phi) is 3.92. The van der Waals surface area contributed by atoms with Gasteiger partial charge in [0.15, 0.2) is 5.13 Å². The van der Waals surface area contributed by atoms with Crippen LogP contribution in [0.15, 0.2) is 9.98 Å². The minimum atomic E-state index is 0.132. The van der Waals surface area contributed by atoms with Crippen molar-refractivity contribution in [2.24, 2.45) is 11.1 Å². The topological polar surface area (TPSA) is 42.1 Å². The molecule has 3 nitrogen and oxygen atoms in total. The standard InChI is InChI=1S/C9H16BrN3S/c1-9(2,5-11)6-13(3)8-12-7(10)4-14-8/h4H,5-6,11H2,1-3H3. The van der Waals surface area contributed by atoms with E-state index in [1.807, 2.05) is 12.4 Å². The van der Waals surface area contributed by atoms with Crippen molar-refractivity contribution in [2.45, 2.75) is 13.8 Å². The molecule has 0 aliphatic carbocycles. The lowest BCUT2D eigenvalue weighted by Gasteiger charge is -2.28. The fourth-order valence-electron chi connectivity index (χ4n) is 1.19. The zero-order chi connectivity index (χ0) is 10.8. The Bertz CT molecular complexity index is 298. The number of aromatic nitrogens is 1. The lowest BCUT2D eigenvalue weighted by molar-refractivity contribution is 0.385. The van der Waals surface area contributed by atoms with Gasteiger partial charge in [0.05, 0.1) is 0 Å². The SMILES string of the molecule is CN(CC(C)(C)CN)c1nc(Br)cs1. The van der Waals surface area contributed by atoms with Crippen LogP contribution in [0, 0.1) is 5.41 Å². The van der Waals surface area contributed by atoms with Gasteiger partial charge >= 0.3 is 0 Å². The zero-order valence-corrected chi connectivity index (χ0v) is 11.2. The van der Waals surface area contributed by atoms with Gasteiger partial charge in [-0.3, -0.25) is 0 Å². The first-order valence-corrected chi connectivity index (χ1v) is 6.14. The molecule has 0 saturated heterocycles. The van der Waals surface area contributed by atoms with Crippen molar-refractivity contribution in [1.29, 1.82) is 0 Å². The largest absolute Gasteiger partial charge is 0.351 e. The van der Waals surface area contributed by atoms with Crippen LogP contribution in [0.1, 0.15) is 13.8 Å². The van der Waals surface area contributed by atoms with Gasteiger partial charge in [-0.1, -0.05) is 13.8 Å². The summed E-state index contributed by atoms with van der Waals surface area (Å²) >= 11 is 4.98. The molecule has 0 aromatic carbocycles. The Morgan fingerprint density at radius 1 is 1.64 bits per heavy atom. The molecule has 0 unspecified atom stereocenters. The Morgan fingerprint density at radius 2 is 2.29 bits per heavy atom. The van der Waals surface area contributed by atoms with Gasteiger partial charge in [-0.15, -0.1) is 11.3 Å². The summed E-state index contributed by atoms with van der Waals surface area (Å²) in [6, 6.07) is 0. The average Bonchev–Trinajstić information content (AvgIpc) is 2.51. The van der Waals surface area contributed by atoms with Gasteiger partial charge < -0.3 is 10.6 Å². The van der Waals surface area contributed by atoms with Gasteiger partial charge in [0.2, 0.25) is 0 Å². The number of nitrogens with zero attached hydrogens (tertiary/aromatic N) is 2. The predicted molar refractivity (Wildman–Crippen MR) is 65.9 cm³/mol. The second kappa shape index (κ2) is 4.59. The van der Waals surface area contributed by atoms with Gasteiger partial charge in [0, 0.05) is 19.0 Å². The first-order chi connectivity index (χ1) is 6.44. The number of anilines is 1. The summed E-state index contributed by atoms with van der Waals surface area (Å²) in [4.78, 5) is 6.49. The van der Waals surface area contributed by atoms with E-state index in [0.29, 0.717) is 6.54 Å². The summed E-state index contributed by atoms with van der Waals surface area (Å²) in [6.45, 7) is 5.92. The predicted octanol–water partition coefficient (Wildman–Crippen LogP) is 2.33. The Balaban J connectivity index is 2.63. The van der Waals surface area contributed by atoms with E-state index in [9.17, 15) is 0 Å². The summed E-state index contributed by atoms with van der Waals surface area (Å²) in [5, 5.41) is 3.01. The molecular weight excluding hydrogens is 262 g/mol. The minimum absolute atomic E-state index is 0.132. The Labute approximate surface area is 97.4 Å². The first kappa shape index (κ1) is 11.9. The van der Waals surface area contributed by atoms with Crippen molar-refractivity contribution in [3.05, 3.63) is 9.98 Å². The third kappa shape index (κ3) is 3.22. The molecule has 1 aromatic rings. The number of nitrogens with two attached hydrogens (primary N) is 1. The molecule has 1 heterocycles. The number of thiazole rings is 1. The van der Waals surface area contributed by atoms with Gasteiger partial charge in [-0.25, -0.2) is 4.98 Å². The maximum Gasteiger partial charge on any atom is 0.186 e. The molecule has 2 N–H and O–H groups in total. The second-order valence-electron chi connectivity index (χ2n) is 4.18. The monoisotopic (exact) mass is 277 g/mol. The number of rotatable bonds is 4. The van der Waals surface area contributed by atoms with Crippen LogP contribution in [-0.4, -0.2) is 25.1 Å². The number of halogens is 1. The van der Waals surface area contributed by atoms with E-state index in [1.165, 1.54) is 0 Å². The zero-order valence-electron chi connectivity index (χ0n) is 8.75. The smallest absolute Gasteiger partial charge is 0.186 e. The van der Waals surface area contributed by atoms with Crippen LogP contribution in [0.4, 0.5) is 5.13 Å². The molecule has 0 amide bonds. The summed E-state index contributed by atoms with van der Waals surface area (Å²) in [7, 11) is 2.04. The van der Waals surface area contributed by atoms with Crippen LogP contribution in [0.3, 0.4) is 0 Å². The van der Waals surface area contributed by atoms with Crippen molar-refractivity contribution >= 4 is 32.4 Å². The molecule has 1 rings (SSSR count). The van der Waals surface area contributed by atoms with Crippen LogP contribution in [0.2, 0.25) is 0 Å². The molecule has 1 aromatic heterocycles. The Hall–Kier alpha value is -0.130. The Morgan fingerprint density at radius 3 is 2.71 bits per heavy atom. The summed E-state index contributed by atoms with van der Waals surface area (Å²) < 4.78 is 0.898. The highest BCUT2D eigenvalue weighted by Gasteiger charge is 2.19. The number of hydrogen-bond acceptors (Lipinski definition) is 4. The molecule has 0 aliphatic heterocycles. The van der Waals surface area contributed by atoms with Gasteiger partial charge in [0.25, 0.3) is 0 Å². The minimum Gasteiger partial charge on any atom is -0.351 e. The molecule has 0 aliphatic rings. The van der Waals surface area contributed by atoms with Crippen molar-refractivity contribution in [2.75, 3.05) is 25.0 Å². The molecule has 0 radical (unpaired) electrons. The molecule has 80 valence electrons. The third-order valence-electron chi connectivity index (χ3n) is 2.01. The first-order valence-electron chi connectivity index (χ1n) is 4.47. The maximum absolute atomic E-state index is 5.68. The van der Waals surface area contributed by atoms with E-state index in [2.05, 4.69) is 39.7 Å². The van der Waals surface area contributed by atoms with Crippen molar-refractivity contribution in [1.82, 2.24) is 4.98 Å². The van der Waals surface area contributed by atoms with Crippen molar-refractivity contribution < 1.29 is 0 Å². The average molecular weight is 278 g/mol.